The number of aryl methyl sites for hydroxylation is 3. The molecule has 1 aromatic carbocycles. The van der Waals surface area contributed by atoms with Crippen LogP contribution in [0.3, 0.4) is 0 Å². The van der Waals surface area contributed by atoms with Gasteiger partial charge in [-0.15, -0.1) is 0 Å². The number of pyridine rings is 1. The maximum atomic E-state index is 11.0. The fraction of sp³-hybridized carbons (Fsp3) is 0.550. The lowest BCUT2D eigenvalue weighted by Gasteiger charge is -2.32. The largest absolute Gasteiger partial charge is 0.506 e. The Balaban J connectivity index is 2.03. The van der Waals surface area contributed by atoms with Crippen LogP contribution in [0, 0.1) is 20.8 Å². The van der Waals surface area contributed by atoms with Gasteiger partial charge in [0.15, 0.2) is 5.69 Å². The van der Waals surface area contributed by atoms with Gasteiger partial charge in [0.05, 0.1) is 18.0 Å². The summed E-state index contributed by atoms with van der Waals surface area (Å²) in [6.07, 6.45) is 5.21. The number of hydrogen-bond donors (Lipinski definition) is 2. The molecule has 0 amide bonds. The highest BCUT2D eigenvalue weighted by Crippen LogP contribution is 2.30. The fourth-order valence-electron chi connectivity index (χ4n) is 4.31. The Hall–Kier alpha value is -1.61. The van der Waals surface area contributed by atoms with Crippen molar-refractivity contribution in [2.75, 3.05) is 6.54 Å². The van der Waals surface area contributed by atoms with Gasteiger partial charge in [-0.05, 0) is 50.7 Å². The molecule has 0 aliphatic carbocycles. The molecule has 1 aliphatic heterocycles. The number of benzene rings is 1. The highest BCUT2D eigenvalue weighted by Gasteiger charge is 2.28. The normalized spacial score (nSPS) is 21.7. The first kappa shape index (κ1) is 16.3. The number of hydrogen-bond acceptors (Lipinski definition) is 1. The molecule has 3 rings (SSSR count). The Kier molecular flexibility index (Phi) is 4.58. The number of aromatic nitrogens is 1. The van der Waals surface area contributed by atoms with Crippen molar-refractivity contribution >= 4 is 10.9 Å². The van der Waals surface area contributed by atoms with Gasteiger partial charge in [-0.25, -0.2) is 4.98 Å². The Morgan fingerprint density at radius 1 is 1.22 bits per heavy atom. The maximum absolute atomic E-state index is 11.0. The van der Waals surface area contributed by atoms with E-state index in [1.165, 1.54) is 37.8 Å². The molecule has 2 unspecified atom stereocenters. The summed E-state index contributed by atoms with van der Waals surface area (Å²) in [5, 5.41) is 11.9. The van der Waals surface area contributed by atoms with Gasteiger partial charge in [0.25, 0.3) is 0 Å². The van der Waals surface area contributed by atoms with Crippen molar-refractivity contribution < 1.29 is 15.0 Å². The van der Waals surface area contributed by atoms with E-state index in [9.17, 15) is 5.11 Å². The molecule has 0 spiro atoms. The van der Waals surface area contributed by atoms with Crippen molar-refractivity contribution in [3.05, 3.63) is 34.5 Å². The van der Waals surface area contributed by atoms with Crippen LogP contribution < -0.4 is 9.88 Å². The number of piperidine rings is 1. The molecular formula is C20H30N2O+2. The van der Waals surface area contributed by atoms with Crippen LogP contribution in [-0.4, -0.2) is 17.7 Å². The number of aromatic amines is 1. The highest BCUT2D eigenvalue weighted by molar-refractivity contribution is 5.87. The molecular weight excluding hydrogens is 284 g/mol. The number of fused-ring (bicyclic) bond motifs is 1. The van der Waals surface area contributed by atoms with Crippen LogP contribution in [0.4, 0.5) is 0 Å². The topological polar surface area (TPSA) is 38.8 Å². The van der Waals surface area contributed by atoms with Gasteiger partial charge in [-0.2, -0.15) is 0 Å². The van der Waals surface area contributed by atoms with Crippen molar-refractivity contribution in [1.29, 1.82) is 0 Å². The van der Waals surface area contributed by atoms with E-state index in [0.29, 0.717) is 5.75 Å². The summed E-state index contributed by atoms with van der Waals surface area (Å²) in [6.45, 7) is 10.7. The molecule has 3 heteroatoms. The minimum Gasteiger partial charge on any atom is -0.506 e. The third-order valence-electron chi connectivity index (χ3n) is 5.55. The minimum absolute atomic E-state index is 0.488. The van der Waals surface area contributed by atoms with E-state index in [2.05, 4.69) is 44.8 Å². The van der Waals surface area contributed by atoms with Gasteiger partial charge in [0, 0.05) is 13.0 Å². The first-order valence-corrected chi connectivity index (χ1v) is 9.00. The lowest BCUT2D eigenvalue weighted by atomic mass is 9.97. The molecule has 0 saturated carbocycles. The Bertz CT molecular complexity index is 723. The van der Waals surface area contributed by atoms with Crippen LogP contribution in [0.1, 0.15) is 55.0 Å². The molecule has 1 aliphatic rings. The molecule has 1 saturated heterocycles. The summed E-state index contributed by atoms with van der Waals surface area (Å²) in [5.41, 5.74) is 5.62. The van der Waals surface area contributed by atoms with Crippen molar-refractivity contribution in [3.63, 3.8) is 0 Å². The van der Waals surface area contributed by atoms with Gasteiger partial charge in [0.1, 0.15) is 17.9 Å². The molecule has 1 fully saturated rings. The molecule has 0 bridgehead atoms. The molecule has 2 heterocycles. The zero-order chi connectivity index (χ0) is 16.6. The lowest BCUT2D eigenvalue weighted by molar-refractivity contribution is -0.944. The Labute approximate surface area is 139 Å². The first-order valence-electron chi connectivity index (χ1n) is 9.00. The number of nitrogens with one attached hydrogen (secondary N) is 2. The number of quaternary nitrogens is 1. The Morgan fingerprint density at radius 2 is 2.00 bits per heavy atom. The summed E-state index contributed by atoms with van der Waals surface area (Å²) in [4.78, 5) is 5.16. The Morgan fingerprint density at radius 3 is 2.74 bits per heavy atom. The molecule has 23 heavy (non-hydrogen) atoms. The second-order valence-corrected chi connectivity index (χ2v) is 7.27. The van der Waals surface area contributed by atoms with Crippen LogP contribution in [0.25, 0.3) is 10.9 Å². The SMILES string of the molecule is CCC1CCCC[NH+]1Cc1c(C)[nH+]c2cc(C)cc(C)c2c1O. The molecule has 124 valence electrons. The van der Waals surface area contributed by atoms with Crippen molar-refractivity contribution in [2.24, 2.45) is 0 Å². The molecule has 2 atom stereocenters. The fourth-order valence-corrected chi connectivity index (χ4v) is 4.31. The summed E-state index contributed by atoms with van der Waals surface area (Å²) in [6, 6.07) is 5.01. The zero-order valence-corrected chi connectivity index (χ0v) is 14.9. The van der Waals surface area contributed by atoms with E-state index in [0.717, 1.165) is 40.3 Å². The second-order valence-electron chi connectivity index (χ2n) is 7.27. The highest BCUT2D eigenvalue weighted by atomic mass is 16.3. The molecule has 2 aromatic rings. The third-order valence-corrected chi connectivity index (χ3v) is 5.55. The van der Waals surface area contributed by atoms with Gasteiger partial charge in [-0.1, -0.05) is 13.0 Å². The van der Waals surface area contributed by atoms with Gasteiger partial charge < -0.3 is 10.0 Å². The average Bonchev–Trinajstić information content (AvgIpc) is 2.50. The predicted molar refractivity (Wildman–Crippen MR) is 93.8 cm³/mol. The van der Waals surface area contributed by atoms with Gasteiger partial charge in [0.2, 0.25) is 5.52 Å². The summed E-state index contributed by atoms with van der Waals surface area (Å²) in [7, 11) is 0. The lowest BCUT2D eigenvalue weighted by Crippen LogP contribution is -3.15. The van der Waals surface area contributed by atoms with Crippen molar-refractivity contribution in [1.82, 2.24) is 0 Å². The average molecular weight is 314 g/mol. The van der Waals surface area contributed by atoms with E-state index in [-0.39, 0.29) is 0 Å². The van der Waals surface area contributed by atoms with Gasteiger partial charge >= 0.3 is 0 Å². The smallest absolute Gasteiger partial charge is 0.215 e. The standard InChI is InChI=1S/C20H28N2O/c1-5-16-8-6-7-9-22(16)12-17-15(4)21-18-11-13(2)10-14(3)19(18)20(17)23/h10-11,16H,5-9,12H2,1-4H3,(H,21,23)/p+2. The quantitative estimate of drug-likeness (QED) is 0.898. The third kappa shape index (κ3) is 3.07. The second kappa shape index (κ2) is 6.48. The van der Waals surface area contributed by atoms with E-state index < -0.39 is 0 Å². The molecule has 3 nitrogen and oxygen atoms in total. The van der Waals surface area contributed by atoms with Crippen LogP contribution in [0.15, 0.2) is 12.1 Å². The van der Waals surface area contributed by atoms with E-state index in [4.69, 9.17) is 0 Å². The summed E-state index contributed by atoms with van der Waals surface area (Å²) in [5.74, 6) is 0.488. The van der Waals surface area contributed by atoms with E-state index in [1.54, 1.807) is 4.90 Å². The van der Waals surface area contributed by atoms with E-state index >= 15 is 0 Å². The summed E-state index contributed by atoms with van der Waals surface area (Å²) < 4.78 is 0. The number of likely N-dealkylation sites (tertiary alicyclic amines) is 1. The molecule has 1 aromatic heterocycles. The zero-order valence-electron chi connectivity index (χ0n) is 14.9. The van der Waals surface area contributed by atoms with E-state index in [1.807, 2.05) is 0 Å². The minimum atomic E-state index is 0.488. The van der Waals surface area contributed by atoms with Crippen molar-refractivity contribution in [2.45, 2.75) is 66.0 Å². The number of H-pyrrole nitrogens is 1. The van der Waals surface area contributed by atoms with Crippen LogP contribution in [-0.2, 0) is 6.54 Å². The van der Waals surface area contributed by atoms with Crippen LogP contribution in [0.2, 0.25) is 0 Å². The summed E-state index contributed by atoms with van der Waals surface area (Å²) >= 11 is 0. The molecule has 3 N–H and O–H groups in total. The van der Waals surface area contributed by atoms with Gasteiger partial charge in [-0.3, -0.25) is 0 Å². The predicted octanol–water partition coefficient (Wildman–Crippen LogP) is 2.63. The first-order chi connectivity index (χ1) is 11.0. The number of rotatable bonds is 3. The van der Waals surface area contributed by atoms with Crippen LogP contribution in [0.5, 0.6) is 5.75 Å². The van der Waals surface area contributed by atoms with Crippen LogP contribution >= 0.6 is 0 Å². The molecule has 0 radical (unpaired) electrons. The van der Waals surface area contributed by atoms with Crippen molar-refractivity contribution in [3.8, 4) is 5.75 Å². The maximum Gasteiger partial charge on any atom is 0.215 e. The monoisotopic (exact) mass is 314 g/mol. The number of aromatic hydroxyl groups is 1.